The van der Waals surface area contributed by atoms with E-state index in [2.05, 4.69) is 15.4 Å². The summed E-state index contributed by atoms with van der Waals surface area (Å²) in [5, 5.41) is 7.45. The van der Waals surface area contributed by atoms with Gasteiger partial charge in [0.25, 0.3) is 5.91 Å². The molecule has 0 bridgehead atoms. The van der Waals surface area contributed by atoms with E-state index in [0.29, 0.717) is 39.3 Å². The van der Waals surface area contributed by atoms with Gasteiger partial charge in [0.15, 0.2) is 5.82 Å². The molecule has 0 unspecified atom stereocenters. The lowest BCUT2D eigenvalue weighted by Gasteiger charge is -2.13. The molecular weight excluding hydrogens is 356 g/mol. The van der Waals surface area contributed by atoms with E-state index in [9.17, 15) is 4.79 Å². The van der Waals surface area contributed by atoms with Gasteiger partial charge in [-0.15, -0.1) is 0 Å². The predicted octanol–water partition coefficient (Wildman–Crippen LogP) is 3.50. The summed E-state index contributed by atoms with van der Waals surface area (Å²) in [6.07, 6.45) is 3.17. The summed E-state index contributed by atoms with van der Waals surface area (Å²) in [6, 6.07) is 8.68. The number of aromatic nitrogens is 3. The second kappa shape index (κ2) is 7.45. The van der Waals surface area contributed by atoms with Crippen LogP contribution in [0.25, 0.3) is 5.82 Å². The molecule has 0 aliphatic rings. The van der Waals surface area contributed by atoms with Gasteiger partial charge in [-0.1, -0.05) is 17.7 Å². The Bertz CT molecular complexity index is 941. The Morgan fingerprint density at radius 3 is 2.62 bits per heavy atom. The van der Waals surface area contributed by atoms with E-state index < -0.39 is 0 Å². The molecule has 0 fully saturated rings. The molecule has 2 heterocycles. The molecule has 8 heteroatoms. The van der Waals surface area contributed by atoms with E-state index in [4.69, 9.17) is 21.1 Å². The van der Waals surface area contributed by atoms with Gasteiger partial charge in [0.05, 0.1) is 42.4 Å². The normalized spacial score (nSPS) is 10.5. The molecule has 0 radical (unpaired) electrons. The van der Waals surface area contributed by atoms with Crippen LogP contribution in [-0.4, -0.2) is 34.9 Å². The summed E-state index contributed by atoms with van der Waals surface area (Å²) < 4.78 is 12.1. The number of hydrogen-bond acceptors (Lipinski definition) is 5. The number of carbonyl (C=O) groups is 1. The first-order valence-electron chi connectivity index (χ1n) is 7.74. The fourth-order valence-corrected chi connectivity index (χ4v) is 2.72. The molecule has 0 spiro atoms. The van der Waals surface area contributed by atoms with Crippen LogP contribution in [-0.2, 0) is 0 Å². The molecule has 1 aromatic carbocycles. The number of nitrogens with one attached hydrogen (secondary N) is 1. The zero-order valence-corrected chi connectivity index (χ0v) is 15.2. The number of nitrogens with zero attached hydrogens (tertiary/aromatic N) is 3. The van der Waals surface area contributed by atoms with Crippen LogP contribution < -0.4 is 14.8 Å². The number of pyridine rings is 1. The molecule has 3 rings (SSSR count). The van der Waals surface area contributed by atoms with Crippen molar-refractivity contribution < 1.29 is 14.3 Å². The fourth-order valence-electron chi connectivity index (χ4n) is 2.49. The van der Waals surface area contributed by atoms with Crippen molar-refractivity contribution in [2.75, 3.05) is 19.5 Å². The van der Waals surface area contributed by atoms with E-state index in [1.807, 2.05) is 18.2 Å². The predicted molar refractivity (Wildman–Crippen MR) is 98.6 cm³/mol. The average Bonchev–Trinajstić information content (AvgIpc) is 3.05. The highest BCUT2D eigenvalue weighted by atomic mass is 35.5. The standard InChI is InChI=1S/C18H17ClN4O3/c1-11-12(10-21-23(11)17-6-4-5-7-20-17)18(24)22-14-9-15(25-2)13(19)8-16(14)26-3/h4-10H,1-3H3,(H,22,24). The van der Waals surface area contributed by atoms with Crippen molar-refractivity contribution in [1.82, 2.24) is 14.8 Å². The monoisotopic (exact) mass is 372 g/mol. The van der Waals surface area contributed by atoms with Crippen molar-refractivity contribution in [3.63, 3.8) is 0 Å². The molecule has 7 nitrogen and oxygen atoms in total. The molecule has 0 saturated heterocycles. The number of methoxy groups -OCH3 is 2. The van der Waals surface area contributed by atoms with E-state index >= 15 is 0 Å². The zero-order chi connectivity index (χ0) is 18.7. The van der Waals surface area contributed by atoms with Crippen molar-refractivity contribution in [1.29, 1.82) is 0 Å². The maximum Gasteiger partial charge on any atom is 0.259 e. The van der Waals surface area contributed by atoms with Gasteiger partial charge in [-0.25, -0.2) is 9.67 Å². The first-order valence-corrected chi connectivity index (χ1v) is 8.12. The summed E-state index contributed by atoms with van der Waals surface area (Å²) in [7, 11) is 3.00. The van der Waals surface area contributed by atoms with Gasteiger partial charge in [-0.3, -0.25) is 4.79 Å². The van der Waals surface area contributed by atoms with Crippen molar-refractivity contribution in [3.05, 3.63) is 59.0 Å². The topological polar surface area (TPSA) is 78.3 Å². The SMILES string of the molecule is COc1cc(NC(=O)c2cnn(-c3ccccn3)c2C)c(OC)cc1Cl. The molecule has 1 N–H and O–H groups in total. The maximum absolute atomic E-state index is 12.7. The number of amides is 1. The van der Waals surface area contributed by atoms with Crippen molar-refractivity contribution in [2.45, 2.75) is 6.92 Å². The summed E-state index contributed by atoms with van der Waals surface area (Å²) in [6.45, 7) is 1.80. The van der Waals surface area contributed by atoms with Crippen molar-refractivity contribution in [3.8, 4) is 17.3 Å². The molecular formula is C18H17ClN4O3. The molecule has 0 atom stereocenters. The molecule has 134 valence electrons. The lowest BCUT2D eigenvalue weighted by Crippen LogP contribution is -2.14. The Balaban J connectivity index is 1.91. The minimum absolute atomic E-state index is 0.327. The molecule has 26 heavy (non-hydrogen) atoms. The van der Waals surface area contributed by atoms with Gasteiger partial charge in [0.1, 0.15) is 11.5 Å². The van der Waals surface area contributed by atoms with Gasteiger partial charge in [-0.05, 0) is 19.1 Å². The van der Waals surface area contributed by atoms with Crippen LogP contribution in [0.5, 0.6) is 11.5 Å². The minimum Gasteiger partial charge on any atom is -0.495 e. The molecule has 0 aliphatic heterocycles. The molecule has 2 aromatic heterocycles. The third kappa shape index (κ3) is 3.34. The Hall–Kier alpha value is -3.06. The van der Waals surface area contributed by atoms with E-state index in [1.165, 1.54) is 20.4 Å². The minimum atomic E-state index is -0.327. The lowest BCUT2D eigenvalue weighted by molar-refractivity contribution is 0.102. The van der Waals surface area contributed by atoms with Crippen molar-refractivity contribution >= 4 is 23.2 Å². The van der Waals surface area contributed by atoms with Gasteiger partial charge >= 0.3 is 0 Å². The Kier molecular flexibility index (Phi) is 5.09. The second-order valence-electron chi connectivity index (χ2n) is 5.38. The highest BCUT2D eigenvalue weighted by Crippen LogP contribution is 2.36. The Labute approximate surface area is 155 Å². The number of anilines is 1. The average molecular weight is 373 g/mol. The summed E-state index contributed by atoms with van der Waals surface area (Å²) in [5.41, 5.74) is 1.54. The molecule has 0 saturated carbocycles. The van der Waals surface area contributed by atoms with Crippen LogP contribution in [0.4, 0.5) is 5.69 Å². The number of hydrogen-bond donors (Lipinski definition) is 1. The zero-order valence-electron chi connectivity index (χ0n) is 14.5. The number of rotatable bonds is 5. The first kappa shape index (κ1) is 17.8. The van der Waals surface area contributed by atoms with Crippen LogP contribution in [0, 0.1) is 6.92 Å². The third-order valence-corrected chi connectivity index (χ3v) is 4.14. The number of benzene rings is 1. The van der Waals surface area contributed by atoms with Crippen LogP contribution in [0.3, 0.4) is 0 Å². The molecule has 3 aromatic rings. The highest BCUT2D eigenvalue weighted by Gasteiger charge is 2.18. The number of carbonyl (C=O) groups excluding carboxylic acids is 1. The van der Waals surface area contributed by atoms with E-state index in [1.54, 1.807) is 29.9 Å². The van der Waals surface area contributed by atoms with Gasteiger partial charge in [0, 0.05) is 18.3 Å². The second-order valence-corrected chi connectivity index (χ2v) is 5.79. The first-order chi connectivity index (χ1) is 12.5. The lowest BCUT2D eigenvalue weighted by atomic mass is 10.2. The van der Waals surface area contributed by atoms with Gasteiger partial charge < -0.3 is 14.8 Å². The summed E-state index contributed by atoms with van der Waals surface area (Å²) >= 11 is 6.09. The number of halogens is 1. The van der Waals surface area contributed by atoms with E-state index in [0.717, 1.165) is 0 Å². The quantitative estimate of drug-likeness (QED) is 0.741. The Morgan fingerprint density at radius 1 is 1.19 bits per heavy atom. The van der Waals surface area contributed by atoms with E-state index in [-0.39, 0.29) is 5.91 Å². The fraction of sp³-hybridized carbons (Fsp3) is 0.167. The smallest absolute Gasteiger partial charge is 0.259 e. The van der Waals surface area contributed by atoms with Crippen LogP contribution in [0.15, 0.2) is 42.7 Å². The maximum atomic E-state index is 12.7. The largest absolute Gasteiger partial charge is 0.495 e. The summed E-state index contributed by atoms with van der Waals surface area (Å²) in [5.74, 6) is 1.17. The van der Waals surface area contributed by atoms with Crippen LogP contribution in [0.1, 0.15) is 16.1 Å². The Morgan fingerprint density at radius 2 is 1.96 bits per heavy atom. The number of ether oxygens (including phenoxy) is 2. The van der Waals surface area contributed by atoms with Gasteiger partial charge in [-0.2, -0.15) is 5.10 Å². The van der Waals surface area contributed by atoms with Gasteiger partial charge in [0.2, 0.25) is 0 Å². The molecule has 0 aliphatic carbocycles. The molecule has 1 amide bonds. The van der Waals surface area contributed by atoms with Crippen LogP contribution >= 0.6 is 11.6 Å². The van der Waals surface area contributed by atoms with Crippen LogP contribution in [0.2, 0.25) is 5.02 Å². The summed E-state index contributed by atoms with van der Waals surface area (Å²) in [4.78, 5) is 17.0. The van der Waals surface area contributed by atoms with Crippen molar-refractivity contribution in [2.24, 2.45) is 0 Å². The third-order valence-electron chi connectivity index (χ3n) is 3.84. The highest BCUT2D eigenvalue weighted by molar-refractivity contribution is 6.32.